The average molecular weight is 838 g/mol. The second-order valence-electron chi connectivity index (χ2n) is 17.4. The lowest BCUT2D eigenvalue weighted by Gasteiger charge is -2.31. The Morgan fingerprint density at radius 2 is 1.20 bits per heavy atom. The molecule has 310 valence electrons. The first-order chi connectivity index (χ1) is 32.1. The number of para-hydroxylation sites is 2. The van der Waals surface area contributed by atoms with Crippen LogP contribution in [0.4, 0.5) is 11.4 Å². The van der Waals surface area contributed by atoms with Crippen molar-refractivity contribution in [1.29, 1.82) is 0 Å². The summed E-state index contributed by atoms with van der Waals surface area (Å²) in [6.45, 7) is 4.09. The Kier molecular flexibility index (Phi) is 8.35. The Morgan fingerprint density at radius 3 is 1.95 bits per heavy atom. The Balaban J connectivity index is 0.892. The molecule has 0 radical (unpaired) electrons. The fourth-order valence-corrected chi connectivity index (χ4v) is 11.1. The molecule has 9 aromatic rings. The van der Waals surface area contributed by atoms with Crippen LogP contribution in [0.2, 0.25) is 0 Å². The third kappa shape index (κ3) is 5.57. The zero-order valence-corrected chi connectivity index (χ0v) is 36.1. The standard InChI is InChI=1S/C61H43NO3/c1-3-16-45-38(2)63-56-32-31-40(35-51(45)56)39-17-13-21-43(33-39)62(42-19-5-4-6-20-42)44-22-14-18-41(34-44)46-26-15-30-57-60(46)65-58-36-50-49-25-9-12-29-54(49)61(55(50)37-59(58)64-57)52-27-10-7-23-47(52)48-24-8-11-28-53(48)61/h3-12,14-16,18-37H,13,17H2,1-2H3/b16-3-. The van der Waals surface area contributed by atoms with Gasteiger partial charge < -0.3 is 18.8 Å². The largest absolute Gasteiger partial charge is 0.461 e. The number of allylic oxidation sites excluding steroid dienone is 4. The van der Waals surface area contributed by atoms with Crippen molar-refractivity contribution in [1.82, 2.24) is 0 Å². The summed E-state index contributed by atoms with van der Waals surface area (Å²) in [5.74, 6) is 3.78. The van der Waals surface area contributed by atoms with E-state index in [0.29, 0.717) is 17.2 Å². The quantitative estimate of drug-likeness (QED) is 0.167. The summed E-state index contributed by atoms with van der Waals surface area (Å²) in [7, 11) is 0. The number of fused-ring (bicyclic) bond motifs is 13. The predicted molar refractivity (Wildman–Crippen MR) is 264 cm³/mol. The van der Waals surface area contributed by atoms with Crippen LogP contribution in [0.5, 0.6) is 23.0 Å². The molecule has 0 amide bonds. The summed E-state index contributed by atoms with van der Waals surface area (Å²) < 4.78 is 20.1. The molecule has 0 saturated carbocycles. The normalized spacial score (nSPS) is 14.7. The third-order valence-corrected chi connectivity index (χ3v) is 13.9. The van der Waals surface area contributed by atoms with E-state index in [0.717, 1.165) is 69.1 Å². The van der Waals surface area contributed by atoms with Crippen molar-refractivity contribution in [3.63, 3.8) is 0 Å². The molecule has 13 rings (SSSR count). The van der Waals surface area contributed by atoms with Crippen molar-refractivity contribution >= 4 is 34.0 Å². The van der Waals surface area contributed by atoms with Crippen molar-refractivity contribution < 1.29 is 13.9 Å². The number of aryl methyl sites for hydroxylation is 1. The summed E-state index contributed by atoms with van der Waals surface area (Å²) in [4.78, 5) is 2.37. The predicted octanol–water partition coefficient (Wildman–Crippen LogP) is 16.6. The van der Waals surface area contributed by atoms with Gasteiger partial charge in [0.15, 0.2) is 23.0 Å². The lowest BCUT2D eigenvalue weighted by atomic mass is 9.70. The van der Waals surface area contributed by atoms with E-state index < -0.39 is 5.41 Å². The van der Waals surface area contributed by atoms with Gasteiger partial charge in [-0.1, -0.05) is 140 Å². The van der Waals surface area contributed by atoms with Gasteiger partial charge in [0.25, 0.3) is 0 Å². The Hall–Kier alpha value is -8.08. The first kappa shape index (κ1) is 37.5. The number of benzene rings is 8. The van der Waals surface area contributed by atoms with Crippen molar-refractivity contribution in [3.05, 3.63) is 239 Å². The first-order valence-corrected chi connectivity index (χ1v) is 22.6. The molecule has 1 spiro atoms. The van der Waals surface area contributed by atoms with Crippen LogP contribution in [-0.2, 0) is 5.41 Å². The van der Waals surface area contributed by atoms with Crippen molar-refractivity contribution in [2.45, 2.75) is 32.1 Å². The SMILES string of the molecule is C/C=C\c1c(C)oc2ccc(C3=CC(N(c4ccccc4)c4cccc(-c5cccc6c5Oc5cc7c(cc5O6)C5(c6ccccc6-c6ccccc65)c5ccccc5-7)c4)=CCC3)cc12. The van der Waals surface area contributed by atoms with Gasteiger partial charge in [0, 0.05) is 33.6 Å². The minimum atomic E-state index is -0.462. The maximum absolute atomic E-state index is 7.04. The highest BCUT2D eigenvalue weighted by atomic mass is 16.6. The van der Waals surface area contributed by atoms with Crippen molar-refractivity contribution in [3.8, 4) is 56.4 Å². The van der Waals surface area contributed by atoms with Gasteiger partial charge >= 0.3 is 0 Å². The van der Waals surface area contributed by atoms with E-state index >= 15 is 0 Å². The number of ether oxygens (including phenoxy) is 2. The molecular weight excluding hydrogens is 795 g/mol. The summed E-state index contributed by atoms with van der Waals surface area (Å²) in [5, 5.41) is 1.14. The van der Waals surface area contributed by atoms with Crippen LogP contribution in [0, 0.1) is 6.92 Å². The molecule has 1 aromatic heterocycles. The molecule has 4 nitrogen and oxygen atoms in total. The first-order valence-electron chi connectivity index (χ1n) is 22.6. The monoisotopic (exact) mass is 837 g/mol. The number of hydrogen-bond acceptors (Lipinski definition) is 4. The number of rotatable bonds is 6. The van der Waals surface area contributed by atoms with Crippen LogP contribution < -0.4 is 14.4 Å². The molecular formula is C61H43NO3. The molecule has 0 fully saturated rings. The van der Waals surface area contributed by atoms with Gasteiger partial charge in [-0.05, 0) is 149 Å². The maximum atomic E-state index is 7.04. The Morgan fingerprint density at radius 1 is 0.538 bits per heavy atom. The highest BCUT2D eigenvalue weighted by Gasteiger charge is 2.52. The fraction of sp³-hybridized carbons (Fsp3) is 0.0820. The minimum absolute atomic E-state index is 0.462. The van der Waals surface area contributed by atoms with Crippen LogP contribution >= 0.6 is 0 Å². The molecule has 0 saturated heterocycles. The van der Waals surface area contributed by atoms with E-state index in [1.54, 1.807) is 0 Å². The smallest absolute Gasteiger partial charge is 0.177 e. The lowest BCUT2D eigenvalue weighted by Crippen LogP contribution is -2.25. The van der Waals surface area contributed by atoms with Gasteiger partial charge in [0.2, 0.25) is 0 Å². The zero-order chi connectivity index (χ0) is 43.2. The number of nitrogens with zero attached hydrogens (tertiary/aromatic N) is 1. The fourth-order valence-electron chi connectivity index (χ4n) is 11.1. The lowest BCUT2D eigenvalue weighted by molar-refractivity contribution is 0.360. The number of anilines is 2. The van der Waals surface area contributed by atoms with Crippen LogP contribution in [0.1, 0.15) is 58.9 Å². The highest BCUT2D eigenvalue weighted by Crippen LogP contribution is 2.65. The summed E-state index contributed by atoms with van der Waals surface area (Å²) in [5.41, 5.74) is 19.5. The van der Waals surface area contributed by atoms with E-state index in [9.17, 15) is 0 Å². The van der Waals surface area contributed by atoms with E-state index in [1.165, 1.54) is 55.6 Å². The van der Waals surface area contributed by atoms with E-state index in [4.69, 9.17) is 13.9 Å². The van der Waals surface area contributed by atoms with E-state index in [2.05, 4.69) is 206 Å². The zero-order valence-electron chi connectivity index (χ0n) is 36.1. The van der Waals surface area contributed by atoms with Crippen molar-refractivity contribution in [2.75, 3.05) is 4.90 Å². The topological polar surface area (TPSA) is 34.8 Å². The van der Waals surface area contributed by atoms with Crippen LogP contribution in [-0.4, -0.2) is 0 Å². The average Bonchev–Trinajstić information content (AvgIpc) is 3.95. The van der Waals surface area contributed by atoms with Crippen LogP contribution in [0.25, 0.3) is 56.0 Å². The van der Waals surface area contributed by atoms with Crippen molar-refractivity contribution in [2.24, 2.45) is 0 Å². The molecule has 8 aromatic carbocycles. The molecule has 2 heterocycles. The summed E-state index contributed by atoms with van der Waals surface area (Å²) in [6.07, 6.45) is 10.8. The third-order valence-electron chi connectivity index (χ3n) is 13.9. The molecule has 1 aliphatic heterocycles. The van der Waals surface area contributed by atoms with E-state index in [1.807, 2.05) is 13.0 Å². The molecule has 4 heteroatoms. The molecule has 0 bridgehead atoms. The molecule has 3 aliphatic carbocycles. The molecule has 65 heavy (non-hydrogen) atoms. The molecule has 0 atom stereocenters. The van der Waals surface area contributed by atoms with Crippen LogP contribution in [0.15, 0.2) is 204 Å². The second kappa shape index (κ2) is 14.5. The second-order valence-corrected chi connectivity index (χ2v) is 17.4. The van der Waals surface area contributed by atoms with Gasteiger partial charge in [-0.2, -0.15) is 0 Å². The van der Waals surface area contributed by atoms with Crippen LogP contribution in [0.3, 0.4) is 0 Å². The molecule has 4 aliphatic rings. The summed E-state index contributed by atoms with van der Waals surface area (Å²) in [6, 6.07) is 63.3. The highest BCUT2D eigenvalue weighted by molar-refractivity contribution is 5.96. The van der Waals surface area contributed by atoms with Gasteiger partial charge in [0.05, 0.1) is 5.41 Å². The molecule has 0 N–H and O–H groups in total. The minimum Gasteiger partial charge on any atom is -0.461 e. The number of furan rings is 1. The maximum Gasteiger partial charge on any atom is 0.177 e. The summed E-state index contributed by atoms with van der Waals surface area (Å²) >= 11 is 0. The van der Waals surface area contributed by atoms with Gasteiger partial charge in [0.1, 0.15) is 11.3 Å². The Labute approximate surface area is 378 Å². The van der Waals surface area contributed by atoms with Gasteiger partial charge in [-0.3, -0.25) is 0 Å². The van der Waals surface area contributed by atoms with Gasteiger partial charge in [-0.25, -0.2) is 0 Å². The number of hydrogen-bond donors (Lipinski definition) is 0. The molecule has 0 unspecified atom stereocenters. The van der Waals surface area contributed by atoms with E-state index in [-0.39, 0.29) is 0 Å². The van der Waals surface area contributed by atoms with Gasteiger partial charge in [-0.15, -0.1) is 0 Å². The Bertz CT molecular complexity index is 3480.